The van der Waals surface area contributed by atoms with Gasteiger partial charge in [0.25, 0.3) is 0 Å². The zero-order valence-corrected chi connectivity index (χ0v) is 21.4. The fraction of sp³-hybridized carbons (Fsp3) is 0.545. The van der Waals surface area contributed by atoms with Crippen LogP contribution < -0.4 is 20.1 Å². The van der Waals surface area contributed by atoms with E-state index < -0.39 is 0 Å². The summed E-state index contributed by atoms with van der Waals surface area (Å²) in [7, 11) is 1.96. The Hall–Kier alpha value is -1.97. The first-order valence-corrected chi connectivity index (χ1v) is 10.4. The Balaban J connectivity index is 0.00000450. The molecule has 0 aliphatic heterocycles. The molecule has 1 aromatic heterocycles. The van der Waals surface area contributed by atoms with Crippen molar-refractivity contribution in [1.82, 2.24) is 20.4 Å². The number of halogens is 1. The van der Waals surface area contributed by atoms with Gasteiger partial charge in [-0.2, -0.15) is 5.10 Å². The third-order valence-corrected chi connectivity index (χ3v) is 4.71. The number of rotatable bonds is 10. The van der Waals surface area contributed by atoms with Gasteiger partial charge in [0, 0.05) is 31.4 Å². The van der Waals surface area contributed by atoms with E-state index in [2.05, 4.69) is 41.7 Å². The number of hydrogen-bond acceptors (Lipinski definition) is 4. The number of ether oxygens (including phenoxy) is 2. The Bertz CT molecular complexity index is 820. The van der Waals surface area contributed by atoms with Gasteiger partial charge in [0.15, 0.2) is 17.5 Å². The SMILES string of the molecule is CCNC(=NCc1c(C)nn(C)c1C)NCCc1ccc(OCC)c(OCC)c1.I. The molecule has 2 aromatic rings. The van der Waals surface area contributed by atoms with Gasteiger partial charge in [0.05, 0.1) is 25.5 Å². The Morgan fingerprint density at radius 1 is 1.07 bits per heavy atom. The topological polar surface area (TPSA) is 72.7 Å². The van der Waals surface area contributed by atoms with Crippen molar-refractivity contribution >= 4 is 29.9 Å². The molecule has 30 heavy (non-hydrogen) atoms. The highest BCUT2D eigenvalue weighted by molar-refractivity contribution is 14.0. The summed E-state index contributed by atoms with van der Waals surface area (Å²) in [5.74, 6) is 2.41. The quantitative estimate of drug-likeness (QED) is 0.279. The van der Waals surface area contributed by atoms with Crippen molar-refractivity contribution in [3.05, 3.63) is 40.7 Å². The van der Waals surface area contributed by atoms with Gasteiger partial charge in [-0.3, -0.25) is 4.68 Å². The van der Waals surface area contributed by atoms with Crippen LogP contribution in [0.5, 0.6) is 11.5 Å². The predicted molar refractivity (Wildman–Crippen MR) is 133 cm³/mol. The van der Waals surface area contributed by atoms with Gasteiger partial charge in [0.2, 0.25) is 0 Å². The molecule has 0 aliphatic carbocycles. The monoisotopic (exact) mass is 529 g/mol. The first-order chi connectivity index (χ1) is 14.0. The highest BCUT2D eigenvalue weighted by Gasteiger charge is 2.09. The Kier molecular flexibility index (Phi) is 11.6. The maximum atomic E-state index is 5.72. The number of aliphatic imine (C=N–C) groups is 1. The minimum atomic E-state index is 0. The normalized spacial score (nSPS) is 11.1. The molecule has 7 nitrogen and oxygen atoms in total. The Morgan fingerprint density at radius 3 is 2.37 bits per heavy atom. The second kappa shape index (κ2) is 13.4. The largest absolute Gasteiger partial charge is 0.490 e. The second-order valence-electron chi connectivity index (χ2n) is 6.79. The van der Waals surface area contributed by atoms with Crippen LogP contribution in [0.15, 0.2) is 23.2 Å². The second-order valence-corrected chi connectivity index (χ2v) is 6.79. The van der Waals surface area contributed by atoms with E-state index in [4.69, 9.17) is 14.5 Å². The van der Waals surface area contributed by atoms with Crippen molar-refractivity contribution < 1.29 is 9.47 Å². The predicted octanol–water partition coefficient (Wildman–Crippen LogP) is 3.75. The average Bonchev–Trinajstić information content (AvgIpc) is 2.93. The van der Waals surface area contributed by atoms with E-state index in [9.17, 15) is 0 Å². The lowest BCUT2D eigenvalue weighted by atomic mass is 10.1. The molecule has 0 radical (unpaired) electrons. The summed E-state index contributed by atoms with van der Waals surface area (Å²) in [5, 5.41) is 11.2. The third-order valence-electron chi connectivity index (χ3n) is 4.71. The molecule has 2 rings (SSSR count). The summed E-state index contributed by atoms with van der Waals surface area (Å²) in [6.07, 6.45) is 0.863. The highest BCUT2D eigenvalue weighted by atomic mass is 127. The molecular weight excluding hydrogens is 493 g/mol. The van der Waals surface area contributed by atoms with Gasteiger partial charge in [-0.1, -0.05) is 6.07 Å². The molecule has 8 heteroatoms. The van der Waals surface area contributed by atoms with E-state index in [0.29, 0.717) is 19.8 Å². The van der Waals surface area contributed by atoms with Crippen LogP contribution in [-0.4, -0.2) is 42.0 Å². The zero-order chi connectivity index (χ0) is 21.2. The molecule has 0 spiro atoms. The number of aryl methyl sites for hydroxylation is 2. The lowest BCUT2D eigenvalue weighted by Gasteiger charge is -2.14. The molecule has 0 saturated carbocycles. The van der Waals surface area contributed by atoms with Gasteiger partial charge in [-0.05, 0) is 58.7 Å². The molecular formula is C22H36IN5O2. The van der Waals surface area contributed by atoms with Crippen LogP contribution in [0.4, 0.5) is 0 Å². The van der Waals surface area contributed by atoms with Crippen LogP contribution in [0.3, 0.4) is 0 Å². The van der Waals surface area contributed by atoms with Crippen molar-refractivity contribution in [3.63, 3.8) is 0 Å². The molecule has 168 valence electrons. The highest BCUT2D eigenvalue weighted by Crippen LogP contribution is 2.28. The van der Waals surface area contributed by atoms with Gasteiger partial charge < -0.3 is 20.1 Å². The molecule has 0 amide bonds. The van der Waals surface area contributed by atoms with Gasteiger partial charge >= 0.3 is 0 Å². The van der Waals surface area contributed by atoms with E-state index in [-0.39, 0.29) is 24.0 Å². The molecule has 0 bridgehead atoms. The van der Waals surface area contributed by atoms with Crippen molar-refractivity contribution in [2.45, 2.75) is 47.6 Å². The molecule has 2 N–H and O–H groups in total. The summed E-state index contributed by atoms with van der Waals surface area (Å²) < 4.78 is 13.3. The molecule has 1 aromatic carbocycles. The summed E-state index contributed by atoms with van der Waals surface area (Å²) in [6.45, 7) is 13.6. The average molecular weight is 529 g/mol. The van der Waals surface area contributed by atoms with Crippen LogP contribution in [0.1, 0.15) is 43.3 Å². The van der Waals surface area contributed by atoms with E-state index in [0.717, 1.165) is 48.4 Å². The van der Waals surface area contributed by atoms with Gasteiger partial charge in [0.1, 0.15) is 0 Å². The maximum absolute atomic E-state index is 5.72. The lowest BCUT2D eigenvalue weighted by molar-refractivity contribution is 0.287. The van der Waals surface area contributed by atoms with Gasteiger partial charge in [-0.25, -0.2) is 4.99 Å². The van der Waals surface area contributed by atoms with E-state index in [1.54, 1.807) is 0 Å². The molecule has 0 atom stereocenters. The molecule has 0 saturated heterocycles. The van der Waals surface area contributed by atoms with Crippen molar-refractivity contribution in [1.29, 1.82) is 0 Å². The van der Waals surface area contributed by atoms with Gasteiger partial charge in [-0.15, -0.1) is 24.0 Å². The van der Waals surface area contributed by atoms with Crippen LogP contribution in [-0.2, 0) is 20.0 Å². The minimum Gasteiger partial charge on any atom is -0.490 e. The Morgan fingerprint density at radius 2 is 1.77 bits per heavy atom. The maximum Gasteiger partial charge on any atom is 0.191 e. The summed E-state index contributed by atoms with van der Waals surface area (Å²) in [6, 6.07) is 6.13. The number of guanidine groups is 1. The van der Waals surface area contributed by atoms with Crippen molar-refractivity contribution in [3.8, 4) is 11.5 Å². The third kappa shape index (κ3) is 7.37. The standard InChI is InChI=1S/C22H35N5O2.HI/c1-7-23-22(25-15-19-16(4)26-27(6)17(19)5)24-13-12-18-10-11-20(28-8-2)21(14-18)29-9-3;/h10-11,14H,7-9,12-13,15H2,1-6H3,(H2,23,24,25);1H. The van der Waals surface area contributed by atoms with E-state index >= 15 is 0 Å². The minimum absolute atomic E-state index is 0. The summed E-state index contributed by atoms with van der Waals surface area (Å²) in [4.78, 5) is 4.73. The van der Waals surface area contributed by atoms with Crippen LogP contribution in [0.25, 0.3) is 0 Å². The number of nitrogens with one attached hydrogen (secondary N) is 2. The van der Waals surface area contributed by atoms with Crippen LogP contribution >= 0.6 is 24.0 Å². The summed E-state index contributed by atoms with van der Waals surface area (Å²) in [5.41, 5.74) is 4.55. The van der Waals surface area contributed by atoms with E-state index in [1.165, 1.54) is 11.1 Å². The number of aromatic nitrogens is 2. The number of nitrogens with zero attached hydrogens (tertiary/aromatic N) is 3. The first-order valence-electron chi connectivity index (χ1n) is 10.4. The van der Waals surface area contributed by atoms with Crippen LogP contribution in [0.2, 0.25) is 0 Å². The van der Waals surface area contributed by atoms with E-state index in [1.807, 2.05) is 38.6 Å². The zero-order valence-electron chi connectivity index (χ0n) is 19.0. The molecule has 0 unspecified atom stereocenters. The van der Waals surface area contributed by atoms with Crippen molar-refractivity contribution in [2.75, 3.05) is 26.3 Å². The Labute approximate surface area is 197 Å². The summed E-state index contributed by atoms with van der Waals surface area (Å²) >= 11 is 0. The fourth-order valence-electron chi connectivity index (χ4n) is 3.12. The first kappa shape index (κ1) is 26.1. The molecule has 0 aliphatic rings. The lowest BCUT2D eigenvalue weighted by Crippen LogP contribution is -2.38. The van der Waals surface area contributed by atoms with Crippen LogP contribution in [0, 0.1) is 13.8 Å². The number of benzene rings is 1. The molecule has 1 heterocycles. The number of hydrogen-bond donors (Lipinski definition) is 2. The van der Waals surface area contributed by atoms with Crippen molar-refractivity contribution in [2.24, 2.45) is 12.0 Å². The smallest absolute Gasteiger partial charge is 0.191 e. The fourth-order valence-corrected chi connectivity index (χ4v) is 3.12. The molecule has 0 fully saturated rings.